The summed E-state index contributed by atoms with van der Waals surface area (Å²) in [5.74, 6) is 0.401. The highest BCUT2D eigenvalue weighted by molar-refractivity contribution is 5.90. The monoisotopic (exact) mass is 277 g/mol. The Morgan fingerprint density at radius 3 is 2.80 bits per heavy atom. The van der Waals surface area contributed by atoms with Crippen LogP contribution in [0.25, 0.3) is 0 Å². The quantitative estimate of drug-likeness (QED) is 0.742. The standard InChI is InChI=1S/C16H23NO3/c1-17(12-13-6-4-7-13)10-5-11-20-15-9-3-2-8-14(15)16(18)19/h2-3,8-9,13H,4-7,10-12H2,1H3,(H,18,19). The number of aromatic carboxylic acids is 1. The zero-order valence-corrected chi connectivity index (χ0v) is 12.0. The van der Waals surface area contributed by atoms with Gasteiger partial charge < -0.3 is 14.7 Å². The lowest BCUT2D eigenvalue weighted by molar-refractivity contribution is 0.0692. The second-order valence-corrected chi connectivity index (χ2v) is 5.56. The predicted octanol–water partition coefficient (Wildman–Crippen LogP) is 2.89. The van der Waals surface area contributed by atoms with E-state index < -0.39 is 5.97 Å². The minimum atomic E-state index is -0.942. The second kappa shape index (κ2) is 7.29. The summed E-state index contributed by atoms with van der Waals surface area (Å²) >= 11 is 0. The molecule has 4 nitrogen and oxygen atoms in total. The Morgan fingerprint density at radius 2 is 2.15 bits per heavy atom. The van der Waals surface area contributed by atoms with Gasteiger partial charge >= 0.3 is 5.97 Å². The van der Waals surface area contributed by atoms with Crippen LogP contribution in [0.15, 0.2) is 24.3 Å². The minimum Gasteiger partial charge on any atom is -0.493 e. The van der Waals surface area contributed by atoms with E-state index in [1.165, 1.54) is 25.8 Å². The maximum absolute atomic E-state index is 11.0. The molecule has 1 aliphatic rings. The smallest absolute Gasteiger partial charge is 0.339 e. The van der Waals surface area contributed by atoms with Crippen molar-refractivity contribution in [2.45, 2.75) is 25.7 Å². The number of carboxylic acids is 1. The Hall–Kier alpha value is -1.55. The van der Waals surface area contributed by atoms with E-state index in [4.69, 9.17) is 9.84 Å². The summed E-state index contributed by atoms with van der Waals surface area (Å²) < 4.78 is 5.59. The number of benzene rings is 1. The van der Waals surface area contributed by atoms with E-state index in [0.29, 0.717) is 12.4 Å². The van der Waals surface area contributed by atoms with Gasteiger partial charge in [0.15, 0.2) is 0 Å². The summed E-state index contributed by atoms with van der Waals surface area (Å²) in [6.07, 6.45) is 5.03. The van der Waals surface area contributed by atoms with Gasteiger partial charge in [-0.3, -0.25) is 0 Å². The van der Waals surface area contributed by atoms with E-state index in [0.717, 1.165) is 18.9 Å². The molecule has 1 aromatic rings. The van der Waals surface area contributed by atoms with Crippen molar-refractivity contribution in [3.05, 3.63) is 29.8 Å². The Labute approximate surface area is 120 Å². The Kier molecular flexibility index (Phi) is 5.41. The van der Waals surface area contributed by atoms with Crippen LogP contribution in [0.5, 0.6) is 5.75 Å². The molecule has 0 atom stereocenters. The molecule has 0 radical (unpaired) electrons. The minimum absolute atomic E-state index is 0.232. The molecule has 1 fully saturated rings. The van der Waals surface area contributed by atoms with Gasteiger partial charge in [-0.15, -0.1) is 0 Å². The molecule has 0 amide bonds. The van der Waals surface area contributed by atoms with Gasteiger partial charge in [-0.1, -0.05) is 18.6 Å². The van der Waals surface area contributed by atoms with E-state index in [9.17, 15) is 4.79 Å². The van der Waals surface area contributed by atoms with Crippen LogP contribution >= 0.6 is 0 Å². The summed E-state index contributed by atoms with van der Waals surface area (Å²) in [6, 6.07) is 6.79. The second-order valence-electron chi connectivity index (χ2n) is 5.56. The van der Waals surface area contributed by atoms with Gasteiger partial charge in [0.2, 0.25) is 0 Å². The number of ether oxygens (including phenoxy) is 1. The highest BCUT2D eigenvalue weighted by Crippen LogP contribution is 2.26. The number of hydrogen-bond donors (Lipinski definition) is 1. The van der Waals surface area contributed by atoms with Crippen LogP contribution in [0.3, 0.4) is 0 Å². The molecule has 1 aliphatic carbocycles. The number of carbonyl (C=O) groups is 1. The molecule has 0 aliphatic heterocycles. The number of para-hydroxylation sites is 1. The Bertz CT molecular complexity index is 443. The first-order valence-corrected chi connectivity index (χ1v) is 7.30. The van der Waals surface area contributed by atoms with Crippen molar-refractivity contribution in [2.24, 2.45) is 5.92 Å². The fourth-order valence-corrected chi connectivity index (χ4v) is 2.49. The van der Waals surface area contributed by atoms with Crippen LogP contribution in [0.1, 0.15) is 36.0 Å². The van der Waals surface area contributed by atoms with Crippen molar-refractivity contribution >= 4 is 5.97 Å². The fraction of sp³-hybridized carbons (Fsp3) is 0.562. The molecule has 0 saturated heterocycles. The third-order valence-electron chi connectivity index (χ3n) is 3.85. The zero-order valence-electron chi connectivity index (χ0n) is 12.0. The normalized spacial score (nSPS) is 15.1. The molecule has 0 heterocycles. The molecule has 0 aromatic heterocycles. The van der Waals surface area contributed by atoms with Gasteiger partial charge in [0.1, 0.15) is 11.3 Å². The molecule has 1 saturated carbocycles. The van der Waals surface area contributed by atoms with Gasteiger partial charge in [0, 0.05) is 13.1 Å². The average Bonchev–Trinajstić information content (AvgIpc) is 2.39. The first-order chi connectivity index (χ1) is 9.66. The van der Waals surface area contributed by atoms with Crippen molar-refractivity contribution in [1.29, 1.82) is 0 Å². The molecular formula is C16H23NO3. The number of nitrogens with zero attached hydrogens (tertiary/aromatic N) is 1. The topological polar surface area (TPSA) is 49.8 Å². The molecule has 2 rings (SSSR count). The number of hydrogen-bond acceptors (Lipinski definition) is 3. The molecule has 20 heavy (non-hydrogen) atoms. The molecule has 110 valence electrons. The maximum atomic E-state index is 11.0. The van der Waals surface area contributed by atoms with Crippen LogP contribution in [0.4, 0.5) is 0 Å². The number of carboxylic acid groups (broad SMARTS) is 1. The Balaban J connectivity index is 1.69. The summed E-state index contributed by atoms with van der Waals surface area (Å²) in [6.45, 7) is 2.72. The fourth-order valence-electron chi connectivity index (χ4n) is 2.49. The molecule has 4 heteroatoms. The van der Waals surface area contributed by atoms with E-state index in [2.05, 4.69) is 11.9 Å². The Morgan fingerprint density at radius 1 is 1.40 bits per heavy atom. The lowest BCUT2D eigenvalue weighted by Gasteiger charge is -2.30. The van der Waals surface area contributed by atoms with Gasteiger partial charge in [-0.2, -0.15) is 0 Å². The zero-order chi connectivity index (χ0) is 14.4. The van der Waals surface area contributed by atoms with Gasteiger partial charge in [0.25, 0.3) is 0 Å². The molecular weight excluding hydrogens is 254 g/mol. The lowest BCUT2D eigenvalue weighted by atomic mass is 9.85. The summed E-state index contributed by atoms with van der Waals surface area (Å²) in [7, 11) is 2.14. The van der Waals surface area contributed by atoms with Crippen LogP contribution in [0, 0.1) is 5.92 Å². The predicted molar refractivity (Wildman–Crippen MR) is 78.4 cm³/mol. The first-order valence-electron chi connectivity index (χ1n) is 7.30. The maximum Gasteiger partial charge on any atom is 0.339 e. The summed E-state index contributed by atoms with van der Waals surface area (Å²) in [4.78, 5) is 13.4. The summed E-state index contributed by atoms with van der Waals surface area (Å²) in [5.41, 5.74) is 0.232. The third-order valence-corrected chi connectivity index (χ3v) is 3.85. The van der Waals surface area contributed by atoms with E-state index in [-0.39, 0.29) is 5.56 Å². The van der Waals surface area contributed by atoms with E-state index in [1.54, 1.807) is 24.3 Å². The molecule has 0 spiro atoms. The van der Waals surface area contributed by atoms with Gasteiger partial charge in [-0.25, -0.2) is 4.79 Å². The van der Waals surface area contributed by atoms with Gasteiger partial charge in [-0.05, 0) is 44.4 Å². The largest absolute Gasteiger partial charge is 0.493 e. The van der Waals surface area contributed by atoms with E-state index >= 15 is 0 Å². The molecule has 1 N–H and O–H groups in total. The molecule has 0 unspecified atom stereocenters. The molecule has 0 bridgehead atoms. The number of rotatable bonds is 8. The highest BCUT2D eigenvalue weighted by Gasteiger charge is 2.18. The summed E-state index contributed by atoms with van der Waals surface area (Å²) in [5, 5.41) is 9.05. The van der Waals surface area contributed by atoms with Crippen LogP contribution in [-0.4, -0.2) is 42.7 Å². The van der Waals surface area contributed by atoms with Crippen molar-refractivity contribution in [3.8, 4) is 5.75 Å². The van der Waals surface area contributed by atoms with Crippen LogP contribution in [0.2, 0.25) is 0 Å². The highest BCUT2D eigenvalue weighted by atomic mass is 16.5. The van der Waals surface area contributed by atoms with Crippen molar-refractivity contribution < 1.29 is 14.6 Å². The lowest BCUT2D eigenvalue weighted by Crippen LogP contribution is -2.30. The third kappa shape index (κ3) is 4.23. The molecule has 1 aromatic carbocycles. The average molecular weight is 277 g/mol. The van der Waals surface area contributed by atoms with Crippen LogP contribution in [-0.2, 0) is 0 Å². The van der Waals surface area contributed by atoms with E-state index in [1.807, 2.05) is 0 Å². The van der Waals surface area contributed by atoms with Crippen molar-refractivity contribution in [2.75, 3.05) is 26.7 Å². The van der Waals surface area contributed by atoms with Crippen LogP contribution < -0.4 is 4.74 Å². The van der Waals surface area contributed by atoms with Crippen molar-refractivity contribution in [3.63, 3.8) is 0 Å². The van der Waals surface area contributed by atoms with Gasteiger partial charge in [0.05, 0.1) is 6.61 Å². The first kappa shape index (κ1) is 14.9. The van der Waals surface area contributed by atoms with Crippen molar-refractivity contribution in [1.82, 2.24) is 4.90 Å². The SMILES string of the molecule is CN(CCCOc1ccccc1C(=O)O)CC1CCC1.